The molecular formula is C28H24F3NO4. The number of fused-ring (bicyclic) bond motifs is 1. The Labute approximate surface area is 206 Å². The van der Waals surface area contributed by atoms with E-state index < -0.39 is 17.2 Å². The lowest BCUT2D eigenvalue weighted by atomic mass is 9.86. The van der Waals surface area contributed by atoms with Crippen LogP contribution in [0.1, 0.15) is 39.9 Å². The molecule has 0 saturated heterocycles. The Kier molecular flexibility index (Phi) is 5.77. The average Bonchev–Trinajstić information content (AvgIpc) is 3.53. The van der Waals surface area contributed by atoms with E-state index in [2.05, 4.69) is 0 Å². The van der Waals surface area contributed by atoms with Crippen LogP contribution >= 0.6 is 0 Å². The van der Waals surface area contributed by atoms with Gasteiger partial charge in [-0.3, -0.25) is 9.59 Å². The van der Waals surface area contributed by atoms with Crippen molar-refractivity contribution < 1.29 is 32.2 Å². The molecule has 0 atom stereocenters. The van der Waals surface area contributed by atoms with E-state index in [9.17, 15) is 22.8 Å². The van der Waals surface area contributed by atoms with Gasteiger partial charge in [0, 0.05) is 26.1 Å². The van der Waals surface area contributed by atoms with Gasteiger partial charge >= 0.3 is 6.18 Å². The maximum atomic E-state index is 13.7. The normalized spacial score (nSPS) is 15.5. The van der Waals surface area contributed by atoms with Crippen LogP contribution in [0.25, 0.3) is 11.1 Å². The molecule has 186 valence electrons. The van der Waals surface area contributed by atoms with Crippen molar-refractivity contribution >= 4 is 11.7 Å². The Morgan fingerprint density at radius 3 is 2.22 bits per heavy atom. The summed E-state index contributed by atoms with van der Waals surface area (Å²) in [6, 6.07) is 15.5. The minimum Gasteiger partial charge on any atom is -0.454 e. The van der Waals surface area contributed by atoms with Crippen molar-refractivity contribution in [3.8, 4) is 22.6 Å². The first-order chi connectivity index (χ1) is 17.1. The predicted molar refractivity (Wildman–Crippen MR) is 127 cm³/mol. The molecule has 1 heterocycles. The summed E-state index contributed by atoms with van der Waals surface area (Å²) >= 11 is 0. The van der Waals surface area contributed by atoms with Crippen LogP contribution in [0.3, 0.4) is 0 Å². The molecule has 36 heavy (non-hydrogen) atoms. The van der Waals surface area contributed by atoms with Crippen LogP contribution in [0.15, 0.2) is 60.7 Å². The third-order valence-corrected chi connectivity index (χ3v) is 6.77. The average molecular weight is 495 g/mol. The zero-order valence-corrected chi connectivity index (χ0v) is 19.8. The summed E-state index contributed by atoms with van der Waals surface area (Å²) in [4.78, 5) is 27.0. The van der Waals surface area contributed by atoms with Crippen LogP contribution < -0.4 is 9.47 Å². The molecule has 0 bridgehead atoms. The van der Waals surface area contributed by atoms with Gasteiger partial charge in [-0.15, -0.1) is 0 Å². The number of carbonyl (C=O) groups is 2. The van der Waals surface area contributed by atoms with Crippen LogP contribution in [-0.2, 0) is 22.8 Å². The number of nitrogens with zero attached hydrogens (tertiary/aromatic N) is 1. The van der Waals surface area contributed by atoms with Crippen molar-refractivity contribution in [3.05, 3.63) is 82.9 Å². The second-order valence-electron chi connectivity index (χ2n) is 9.44. The first-order valence-electron chi connectivity index (χ1n) is 11.5. The number of amides is 1. The zero-order chi connectivity index (χ0) is 25.7. The topological polar surface area (TPSA) is 55.8 Å². The Bertz CT molecular complexity index is 1340. The Balaban J connectivity index is 1.45. The van der Waals surface area contributed by atoms with Crippen molar-refractivity contribution in [2.75, 3.05) is 20.9 Å². The van der Waals surface area contributed by atoms with Crippen molar-refractivity contribution in [3.63, 3.8) is 0 Å². The maximum Gasteiger partial charge on any atom is 0.416 e. The number of rotatable bonds is 6. The fourth-order valence-corrected chi connectivity index (χ4v) is 4.59. The molecule has 1 saturated carbocycles. The van der Waals surface area contributed by atoms with Crippen molar-refractivity contribution in [1.82, 2.24) is 4.90 Å². The highest BCUT2D eigenvalue weighted by molar-refractivity contribution is 5.95. The molecule has 5 nitrogen and oxygen atoms in total. The standard InChI is InChI=1S/C28H24F3NO4/c1-32(2)26(34)19-5-3-18(4-6-19)20-11-17(12-22(14-20)28(29,30)31)13-25(33)27(9-10-27)21-7-8-23-24(15-21)36-16-35-23/h3-8,11-12,14-15H,9-10,13,16H2,1-2H3. The van der Waals surface area contributed by atoms with Gasteiger partial charge in [-0.2, -0.15) is 13.2 Å². The van der Waals surface area contributed by atoms with Crippen LogP contribution in [0.4, 0.5) is 13.2 Å². The second kappa shape index (κ2) is 8.69. The van der Waals surface area contributed by atoms with Crippen LogP contribution in [0.5, 0.6) is 11.5 Å². The number of hydrogen-bond acceptors (Lipinski definition) is 4. The lowest BCUT2D eigenvalue weighted by molar-refractivity contribution is -0.137. The first-order valence-corrected chi connectivity index (χ1v) is 11.5. The first kappa shape index (κ1) is 23.9. The molecule has 1 amide bonds. The summed E-state index contributed by atoms with van der Waals surface area (Å²) in [5.74, 6) is 0.862. The number of ketones is 1. The molecule has 2 aliphatic rings. The molecule has 1 aliphatic carbocycles. The largest absolute Gasteiger partial charge is 0.454 e. The number of hydrogen-bond donors (Lipinski definition) is 0. The van der Waals surface area contributed by atoms with Gasteiger partial charge in [-0.25, -0.2) is 0 Å². The molecule has 3 aromatic rings. The van der Waals surface area contributed by atoms with Crippen LogP contribution in [0, 0.1) is 0 Å². The molecule has 0 spiro atoms. The number of carbonyl (C=O) groups excluding carboxylic acids is 2. The highest BCUT2D eigenvalue weighted by Crippen LogP contribution is 2.51. The lowest BCUT2D eigenvalue weighted by Crippen LogP contribution is -2.22. The number of alkyl halides is 3. The van der Waals surface area contributed by atoms with Crippen LogP contribution in [-0.4, -0.2) is 37.5 Å². The summed E-state index contributed by atoms with van der Waals surface area (Å²) in [5, 5.41) is 0. The third kappa shape index (κ3) is 4.43. The molecule has 1 fully saturated rings. The van der Waals surface area contributed by atoms with Gasteiger partial charge in [0.25, 0.3) is 5.91 Å². The Morgan fingerprint density at radius 1 is 0.889 bits per heavy atom. The summed E-state index contributed by atoms with van der Waals surface area (Å²) < 4.78 is 52.0. The SMILES string of the molecule is CN(C)C(=O)c1ccc(-c2cc(CC(=O)C3(c4ccc5c(c4)OCO5)CC3)cc(C(F)(F)F)c2)cc1. The van der Waals surface area contributed by atoms with E-state index >= 15 is 0 Å². The fourth-order valence-electron chi connectivity index (χ4n) is 4.59. The van der Waals surface area contributed by atoms with Crippen molar-refractivity contribution in [2.24, 2.45) is 0 Å². The van der Waals surface area contributed by atoms with E-state index in [0.717, 1.165) is 17.7 Å². The van der Waals surface area contributed by atoms with E-state index in [4.69, 9.17) is 9.47 Å². The smallest absolute Gasteiger partial charge is 0.416 e. The number of ether oxygens (including phenoxy) is 2. The Morgan fingerprint density at radius 2 is 1.58 bits per heavy atom. The second-order valence-corrected chi connectivity index (χ2v) is 9.44. The van der Waals surface area contributed by atoms with Gasteiger partial charge in [0.1, 0.15) is 5.78 Å². The highest BCUT2D eigenvalue weighted by Gasteiger charge is 2.51. The predicted octanol–water partition coefficient (Wildman–Crippen LogP) is 5.65. The fraction of sp³-hybridized carbons (Fsp3) is 0.286. The van der Waals surface area contributed by atoms with Gasteiger partial charge in [0.05, 0.1) is 11.0 Å². The Hall–Kier alpha value is -3.81. The van der Waals surface area contributed by atoms with E-state index in [0.29, 0.717) is 46.6 Å². The summed E-state index contributed by atoms with van der Waals surface area (Å²) in [6.45, 7) is 0.122. The summed E-state index contributed by atoms with van der Waals surface area (Å²) in [6.07, 6.45) is -3.41. The molecule has 3 aromatic carbocycles. The van der Waals surface area contributed by atoms with Crippen molar-refractivity contribution in [2.45, 2.75) is 30.9 Å². The number of halogens is 3. The monoisotopic (exact) mass is 495 g/mol. The summed E-state index contributed by atoms with van der Waals surface area (Å²) in [7, 11) is 3.26. The summed E-state index contributed by atoms with van der Waals surface area (Å²) in [5.41, 5.74) is 0.861. The molecule has 0 N–H and O–H groups in total. The minimum absolute atomic E-state index is 0.122. The zero-order valence-electron chi connectivity index (χ0n) is 19.8. The number of benzene rings is 3. The van der Waals surface area contributed by atoms with Crippen molar-refractivity contribution in [1.29, 1.82) is 0 Å². The molecule has 0 unspecified atom stereocenters. The molecular weight excluding hydrogens is 471 g/mol. The maximum absolute atomic E-state index is 13.7. The van der Waals surface area contributed by atoms with E-state index in [1.54, 1.807) is 56.6 Å². The highest BCUT2D eigenvalue weighted by atomic mass is 19.4. The number of Topliss-reactive ketones (excluding diaryl/α,β-unsaturated/α-hetero) is 1. The van der Waals surface area contributed by atoms with Gasteiger partial charge in [-0.1, -0.05) is 24.3 Å². The molecule has 0 aromatic heterocycles. The lowest BCUT2D eigenvalue weighted by Gasteiger charge is -2.17. The van der Waals surface area contributed by atoms with E-state index in [-0.39, 0.29) is 24.9 Å². The minimum atomic E-state index is -4.57. The van der Waals surface area contributed by atoms with Gasteiger partial charge < -0.3 is 14.4 Å². The molecule has 5 rings (SSSR count). The van der Waals surface area contributed by atoms with E-state index in [1.807, 2.05) is 6.07 Å². The van der Waals surface area contributed by atoms with Gasteiger partial charge in [0.15, 0.2) is 11.5 Å². The molecule has 1 aliphatic heterocycles. The van der Waals surface area contributed by atoms with E-state index in [1.165, 1.54) is 4.90 Å². The van der Waals surface area contributed by atoms with Gasteiger partial charge in [0.2, 0.25) is 6.79 Å². The van der Waals surface area contributed by atoms with Gasteiger partial charge in [-0.05, 0) is 71.5 Å². The molecule has 8 heteroatoms. The third-order valence-electron chi connectivity index (χ3n) is 6.77. The van der Waals surface area contributed by atoms with Crippen LogP contribution in [0.2, 0.25) is 0 Å². The quantitative estimate of drug-likeness (QED) is 0.444. The molecule has 0 radical (unpaired) electrons.